The monoisotopic (exact) mass is 220 g/mol. The predicted molar refractivity (Wildman–Crippen MR) is 72.0 cm³/mol. The van der Waals surface area contributed by atoms with E-state index in [2.05, 4.69) is 69.3 Å². The van der Waals surface area contributed by atoms with Crippen molar-refractivity contribution in [2.45, 2.75) is 26.8 Å². The van der Waals surface area contributed by atoms with Crippen molar-refractivity contribution in [1.29, 1.82) is 0 Å². The van der Waals surface area contributed by atoms with Crippen LogP contribution in [0.1, 0.15) is 32.4 Å². The molecule has 0 heterocycles. The molecule has 2 nitrogen and oxygen atoms in total. The molecule has 0 aliphatic carbocycles. The Morgan fingerprint density at radius 2 is 1.94 bits per heavy atom. The molecule has 1 aromatic rings. The normalized spacial score (nSPS) is 12.9. The zero-order valence-corrected chi connectivity index (χ0v) is 11.1. The first-order valence-electron chi connectivity index (χ1n) is 6.07. The molecule has 0 saturated carbocycles. The molecule has 0 spiro atoms. The van der Waals surface area contributed by atoms with Crippen LogP contribution in [0.15, 0.2) is 24.3 Å². The summed E-state index contributed by atoms with van der Waals surface area (Å²) in [5, 5.41) is 3.55. The first-order valence-corrected chi connectivity index (χ1v) is 6.07. The van der Waals surface area contributed by atoms with Gasteiger partial charge in [-0.3, -0.25) is 0 Å². The molecule has 1 N–H and O–H groups in total. The number of hydrogen-bond acceptors (Lipinski definition) is 2. The van der Waals surface area contributed by atoms with Gasteiger partial charge in [0.15, 0.2) is 0 Å². The van der Waals surface area contributed by atoms with Crippen LogP contribution in [-0.4, -0.2) is 20.6 Å². The van der Waals surface area contributed by atoms with Crippen molar-refractivity contribution in [3.63, 3.8) is 0 Å². The summed E-state index contributed by atoms with van der Waals surface area (Å²) in [7, 11) is 4.16. The van der Waals surface area contributed by atoms with Gasteiger partial charge in [-0.2, -0.15) is 0 Å². The first-order chi connectivity index (χ1) is 7.56. The van der Waals surface area contributed by atoms with E-state index in [-0.39, 0.29) is 0 Å². The summed E-state index contributed by atoms with van der Waals surface area (Å²) in [6.45, 7) is 7.69. The van der Waals surface area contributed by atoms with Crippen molar-refractivity contribution >= 4 is 5.69 Å². The zero-order valence-electron chi connectivity index (χ0n) is 11.1. The summed E-state index contributed by atoms with van der Waals surface area (Å²) in [4.78, 5) is 2.15. The Bertz CT molecular complexity index is 318. The van der Waals surface area contributed by atoms with Gasteiger partial charge in [0.2, 0.25) is 0 Å². The van der Waals surface area contributed by atoms with Crippen molar-refractivity contribution in [2.24, 2.45) is 5.92 Å². The second-order valence-electron chi connectivity index (χ2n) is 4.77. The highest BCUT2D eigenvalue weighted by atomic mass is 15.1. The molecule has 0 bridgehead atoms. The molecular weight excluding hydrogens is 196 g/mol. The Kier molecular flexibility index (Phi) is 4.81. The summed E-state index contributed by atoms with van der Waals surface area (Å²) >= 11 is 0. The van der Waals surface area contributed by atoms with Gasteiger partial charge >= 0.3 is 0 Å². The van der Waals surface area contributed by atoms with Gasteiger partial charge < -0.3 is 10.2 Å². The van der Waals surface area contributed by atoms with E-state index in [0.29, 0.717) is 12.0 Å². The number of nitrogens with zero attached hydrogens (tertiary/aromatic N) is 1. The molecule has 0 amide bonds. The van der Waals surface area contributed by atoms with Crippen molar-refractivity contribution < 1.29 is 0 Å². The van der Waals surface area contributed by atoms with Crippen molar-refractivity contribution in [2.75, 3.05) is 25.5 Å². The lowest BCUT2D eigenvalue weighted by molar-refractivity contribution is 0.422. The van der Waals surface area contributed by atoms with Gasteiger partial charge in [0.25, 0.3) is 0 Å². The van der Waals surface area contributed by atoms with Gasteiger partial charge in [0.1, 0.15) is 0 Å². The highest BCUT2D eigenvalue weighted by Gasteiger charge is 2.14. The number of hydrogen-bond donors (Lipinski definition) is 1. The molecule has 1 unspecified atom stereocenters. The number of rotatable bonds is 5. The summed E-state index contributed by atoms with van der Waals surface area (Å²) in [5.74, 6) is 0.609. The second-order valence-corrected chi connectivity index (χ2v) is 4.77. The minimum atomic E-state index is 0.449. The van der Waals surface area contributed by atoms with Crippen LogP contribution >= 0.6 is 0 Å². The van der Waals surface area contributed by atoms with E-state index in [9.17, 15) is 0 Å². The third kappa shape index (κ3) is 3.24. The lowest BCUT2D eigenvalue weighted by Crippen LogP contribution is -2.25. The van der Waals surface area contributed by atoms with E-state index in [0.717, 1.165) is 6.54 Å². The summed E-state index contributed by atoms with van der Waals surface area (Å²) in [6, 6.07) is 9.21. The van der Waals surface area contributed by atoms with E-state index in [1.165, 1.54) is 11.3 Å². The maximum absolute atomic E-state index is 3.55. The molecule has 0 aromatic heterocycles. The maximum Gasteiger partial charge on any atom is 0.0364 e. The van der Waals surface area contributed by atoms with E-state index in [1.54, 1.807) is 0 Å². The van der Waals surface area contributed by atoms with Crippen LogP contribution in [0.3, 0.4) is 0 Å². The van der Waals surface area contributed by atoms with Crippen LogP contribution in [0.5, 0.6) is 0 Å². The smallest absolute Gasteiger partial charge is 0.0364 e. The van der Waals surface area contributed by atoms with E-state index >= 15 is 0 Å². The van der Waals surface area contributed by atoms with E-state index in [1.807, 2.05) is 0 Å². The molecule has 1 rings (SSSR count). The van der Waals surface area contributed by atoms with Crippen LogP contribution in [0.4, 0.5) is 5.69 Å². The predicted octanol–water partition coefficient (Wildman–Crippen LogP) is 3.06. The quantitative estimate of drug-likeness (QED) is 0.820. The molecule has 1 atom stereocenters. The molecule has 2 heteroatoms. The number of benzene rings is 1. The van der Waals surface area contributed by atoms with Gasteiger partial charge in [-0.1, -0.05) is 32.9 Å². The molecule has 0 aliphatic heterocycles. The summed E-state index contributed by atoms with van der Waals surface area (Å²) in [6.07, 6.45) is 0. The largest absolute Gasteiger partial charge is 0.378 e. The first kappa shape index (κ1) is 13.0. The topological polar surface area (TPSA) is 15.3 Å². The van der Waals surface area contributed by atoms with Crippen LogP contribution < -0.4 is 10.2 Å². The Morgan fingerprint density at radius 3 is 2.44 bits per heavy atom. The van der Waals surface area contributed by atoms with Gasteiger partial charge in [-0.25, -0.2) is 0 Å². The fourth-order valence-corrected chi connectivity index (χ4v) is 1.95. The molecule has 1 aromatic carbocycles. The van der Waals surface area contributed by atoms with Crippen LogP contribution in [0, 0.1) is 5.92 Å². The van der Waals surface area contributed by atoms with Crippen molar-refractivity contribution in [1.82, 2.24) is 5.32 Å². The molecule has 0 saturated heterocycles. The highest BCUT2D eigenvalue weighted by molar-refractivity contribution is 5.47. The van der Waals surface area contributed by atoms with Gasteiger partial charge in [0.05, 0.1) is 0 Å². The number of anilines is 1. The third-order valence-corrected chi connectivity index (χ3v) is 2.84. The number of nitrogens with one attached hydrogen (secondary N) is 1. The summed E-state index contributed by atoms with van der Waals surface area (Å²) < 4.78 is 0. The SMILES string of the molecule is CCNC(c1cccc(N(C)C)c1)C(C)C. The van der Waals surface area contributed by atoms with Gasteiger partial charge in [-0.15, -0.1) is 0 Å². The Morgan fingerprint density at radius 1 is 1.25 bits per heavy atom. The average molecular weight is 220 g/mol. The highest BCUT2D eigenvalue weighted by Crippen LogP contribution is 2.24. The second kappa shape index (κ2) is 5.90. The van der Waals surface area contributed by atoms with Crippen molar-refractivity contribution in [3.8, 4) is 0 Å². The minimum absolute atomic E-state index is 0.449. The van der Waals surface area contributed by atoms with Crippen LogP contribution in [-0.2, 0) is 0 Å². The fourth-order valence-electron chi connectivity index (χ4n) is 1.95. The van der Waals surface area contributed by atoms with Gasteiger partial charge in [-0.05, 0) is 30.2 Å². The summed E-state index contributed by atoms with van der Waals surface area (Å²) in [5.41, 5.74) is 2.64. The molecule has 0 aliphatic rings. The minimum Gasteiger partial charge on any atom is -0.378 e. The molecule has 0 fully saturated rings. The Hall–Kier alpha value is -1.02. The molecular formula is C14H24N2. The van der Waals surface area contributed by atoms with Crippen LogP contribution in [0.2, 0.25) is 0 Å². The molecule has 0 radical (unpaired) electrons. The lowest BCUT2D eigenvalue weighted by Gasteiger charge is -2.24. The van der Waals surface area contributed by atoms with Crippen LogP contribution in [0.25, 0.3) is 0 Å². The fraction of sp³-hybridized carbons (Fsp3) is 0.571. The van der Waals surface area contributed by atoms with E-state index in [4.69, 9.17) is 0 Å². The Balaban J connectivity index is 2.95. The average Bonchev–Trinajstić information content (AvgIpc) is 2.25. The van der Waals surface area contributed by atoms with E-state index < -0.39 is 0 Å². The van der Waals surface area contributed by atoms with Gasteiger partial charge in [0, 0.05) is 25.8 Å². The third-order valence-electron chi connectivity index (χ3n) is 2.84. The molecule has 90 valence electrons. The standard InChI is InChI=1S/C14H24N2/c1-6-15-14(11(2)3)12-8-7-9-13(10-12)16(4)5/h7-11,14-15H,6H2,1-5H3. The zero-order chi connectivity index (χ0) is 12.1. The van der Waals surface area contributed by atoms with Crippen molar-refractivity contribution in [3.05, 3.63) is 29.8 Å². The molecule has 16 heavy (non-hydrogen) atoms. The maximum atomic E-state index is 3.55. The lowest BCUT2D eigenvalue weighted by atomic mass is 9.95. The Labute approximate surface area is 99.7 Å².